The number of hydrogen-bond acceptors (Lipinski definition) is 5. The highest BCUT2D eigenvalue weighted by atomic mass is 127. The fourth-order valence-corrected chi connectivity index (χ4v) is 1.57. The van der Waals surface area contributed by atoms with Gasteiger partial charge in [-0.15, -0.1) is 0 Å². The average molecular weight is 338 g/mol. The first-order chi connectivity index (χ1) is 7.54. The summed E-state index contributed by atoms with van der Waals surface area (Å²) in [7, 11) is 0. The monoisotopic (exact) mass is 338 g/mol. The minimum atomic E-state index is -0.932. The van der Waals surface area contributed by atoms with Gasteiger partial charge in [-0.05, 0) is 34.7 Å². The van der Waals surface area contributed by atoms with Crippen LogP contribution in [0.1, 0.15) is 0 Å². The maximum Gasteiger partial charge on any atom is 0.293 e. The van der Waals surface area contributed by atoms with Crippen LogP contribution in [-0.4, -0.2) is 34.4 Å². The Bertz CT molecular complexity index is 386. The van der Waals surface area contributed by atoms with Crippen molar-refractivity contribution >= 4 is 34.0 Å². The quantitative estimate of drug-likeness (QED) is 0.422. The highest BCUT2D eigenvalue weighted by Gasteiger charge is 2.14. The first-order valence-electron chi connectivity index (χ1n) is 4.51. The topological polar surface area (TPSA) is 95.6 Å². The first kappa shape index (κ1) is 13.1. The molecular formula is C9H11IN2O4. The third-order valence-corrected chi connectivity index (χ3v) is 2.57. The molecule has 0 saturated heterocycles. The van der Waals surface area contributed by atoms with Crippen molar-refractivity contribution in [3.8, 4) is 0 Å². The number of anilines is 1. The molecule has 7 heteroatoms. The second-order valence-electron chi connectivity index (χ2n) is 3.14. The summed E-state index contributed by atoms with van der Waals surface area (Å²) in [5.74, 6) is 0. The lowest BCUT2D eigenvalue weighted by Crippen LogP contribution is -2.23. The molecule has 1 aromatic carbocycles. The average Bonchev–Trinajstić information content (AvgIpc) is 2.26. The van der Waals surface area contributed by atoms with Crippen LogP contribution < -0.4 is 5.32 Å². The summed E-state index contributed by atoms with van der Waals surface area (Å²) in [6.07, 6.45) is -0.932. The molecule has 3 N–H and O–H groups in total. The van der Waals surface area contributed by atoms with E-state index in [1.807, 2.05) is 22.6 Å². The summed E-state index contributed by atoms with van der Waals surface area (Å²) >= 11 is 1.98. The Kier molecular flexibility index (Phi) is 4.90. The van der Waals surface area contributed by atoms with E-state index in [0.29, 0.717) is 5.69 Å². The Morgan fingerprint density at radius 3 is 2.81 bits per heavy atom. The number of nitro groups is 1. The molecule has 0 amide bonds. The molecular weight excluding hydrogens is 327 g/mol. The number of hydrogen-bond donors (Lipinski definition) is 3. The summed E-state index contributed by atoms with van der Waals surface area (Å²) in [6, 6.07) is 4.74. The van der Waals surface area contributed by atoms with E-state index in [1.54, 1.807) is 12.1 Å². The summed E-state index contributed by atoms with van der Waals surface area (Å²) < 4.78 is 0.762. The molecule has 0 bridgehead atoms. The van der Waals surface area contributed by atoms with Gasteiger partial charge < -0.3 is 15.5 Å². The van der Waals surface area contributed by atoms with Gasteiger partial charge in [0.25, 0.3) is 5.69 Å². The standard InChI is InChI=1S/C9H11IN2O4/c10-6-1-2-8(9(3-6)12(15)16)11-4-7(14)5-13/h1-3,7,11,13-14H,4-5H2/t7-/m1/s1. The third-order valence-electron chi connectivity index (χ3n) is 1.90. The number of nitrogens with zero attached hydrogens (tertiary/aromatic N) is 1. The minimum Gasteiger partial charge on any atom is -0.394 e. The normalized spacial score (nSPS) is 12.2. The van der Waals surface area contributed by atoms with Crippen LogP contribution in [0, 0.1) is 13.7 Å². The molecule has 0 radical (unpaired) electrons. The van der Waals surface area contributed by atoms with Crippen LogP contribution in [0.2, 0.25) is 0 Å². The minimum absolute atomic E-state index is 0.0444. The van der Waals surface area contributed by atoms with E-state index in [1.165, 1.54) is 6.07 Å². The molecule has 0 aromatic heterocycles. The largest absolute Gasteiger partial charge is 0.394 e. The molecule has 1 atom stereocenters. The molecule has 88 valence electrons. The van der Waals surface area contributed by atoms with Gasteiger partial charge in [-0.1, -0.05) is 0 Å². The number of nitrogens with one attached hydrogen (secondary N) is 1. The molecule has 0 aliphatic heterocycles. The Labute approximate surface area is 106 Å². The third kappa shape index (κ3) is 3.58. The van der Waals surface area contributed by atoms with Crippen LogP contribution in [0.25, 0.3) is 0 Å². The summed E-state index contributed by atoms with van der Waals surface area (Å²) in [4.78, 5) is 10.2. The van der Waals surface area contributed by atoms with Gasteiger partial charge in [0.2, 0.25) is 0 Å². The Balaban J connectivity index is 2.82. The lowest BCUT2D eigenvalue weighted by molar-refractivity contribution is -0.384. The smallest absolute Gasteiger partial charge is 0.293 e. The maximum absolute atomic E-state index is 10.7. The molecule has 0 unspecified atom stereocenters. The SMILES string of the molecule is O=[N+]([O-])c1cc(I)ccc1NC[C@@H](O)CO. The molecule has 1 rings (SSSR count). The fourth-order valence-electron chi connectivity index (χ4n) is 1.10. The Morgan fingerprint density at radius 2 is 2.25 bits per heavy atom. The van der Waals surface area contributed by atoms with Gasteiger partial charge in [0.05, 0.1) is 17.6 Å². The zero-order valence-corrected chi connectivity index (χ0v) is 10.4. The molecule has 6 nitrogen and oxygen atoms in total. The molecule has 0 aliphatic carbocycles. The number of aliphatic hydroxyl groups excluding tert-OH is 2. The molecule has 0 saturated carbocycles. The predicted octanol–water partition coefficient (Wildman–Crippen LogP) is 0.964. The van der Waals surface area contributed by atoms with Crippen molar-refractivity contribution in [3.63, 3.8) is 0 Å². The van der Waals surface area contributed by atoms with Crippen LogP contribution in [0.3, 0.4) is 0 Å². The highest BCUT2D eigenvalue weighted by molar-refractivity contribution is 14.1. The number of nitro benzene ring substituents is 1. The number of benzene rings is 1. The van der Waals surface area contributed by atoms with E-state index in [0.717, 1.165) is 3.57 Å². The molecule has 0 heterocycles. The Morgan fingerprint density at radius 1 is 1.56 bits per heavy atom. The van der Waals surface area contributed by atoms with E-state index in [9.17, 15) is 10.1 Å². The van der Waals surface area contributed by atoms with Crippen LogP contribution in [-0.2, 0) is 0 Å². The summed E-state index contributed by atoms with van der Waals surface area (Å²) in [6.45, 7) is -0.316. The van der Waals surface area contributed by atoms with E-state index in [4.69, 9.17) is 10.2 Å². The van der Waals surface area contributed by atoms with Crippen molar-refractivity contribution in [3.05, 3.63) is 31.9 Å². The second kappa shape index (κ2) is 5.97. The van der Waals surface area contributed by atoms with Gasteiger partial charge in [-0.3, -0.25) is 10.1 Å². The number of halogens is 1. The van der Waals surface area contributed by atoms with Crippen LogP contribution >= 0.6 is 22.6 Å². The number of rotatable bonds is 5. The molecule has 16 heavy (non-hydrogen) atoms. The van der Waals surface area contributed by atoms with Gasteiger partial charge >= 0.3 is 0 Å². The summed E-state index contributed by atoms with van der Waals surface area (Å²) in [5, 5.41) is 31.2. The van der Waals surface area contributed by atoms with Crippen molar-refractivity contribution in [2.75, 3.05) is 18.5 Å². The molecule has 1 aromatic rings. The zero-order chi connectivity index (χ0) is 12.1. The van der Waals surface area contributed by atoms with Crippen LogP contribution in [0.15, 0.2) is 18.2 Å². The van der Waals surface area contributed by atoms with E-state index < -0.39 is 11.0 Å². The molecule has 0 spiro atoms. The van der Waals surface area contributed by atoms with Gasteiger partial charge in [0.15, 0.2) is 0 Å². The van der Waals surface area contributed by atoms with Gasteiger partial charge in [0.1, 0.15) is 5.69 Å². The van der Waals surface area contributed by atoms with E-state index in [2.05, 4.69) is 5.32 Å². The van der Waals surface area contributed by atoms with Crippen LogP contribution in [0.4, 0.5) is 11.4 Å². The lowest BCUT2D eigenvalue weighted by atomic mass is 10.2. The predicted molar refractivity (Wildman–Crippen MR) is 67.4 cm³/mol. The van der Waals surface area contributed by atoms with Crippen molar-refractivity contribution in [2.45, 2.75) is 6.10 Å². The van der Waals surface area contributed by atoms with Gasteiger partial charge in [0, 0.05) is 16.2 Å². The lowest BCUT2D eigenvalue weighted by Gasteiger charge is -2.10. The van der Waals surface area contributed by atoms with Crippen molar-refractivity contribution < 1.29 is 15.1 Å². The summed E-state index contributed by atoms with van der Waals surface area (Å²) in [5.41, 5.74) is 0.287. The van der Waals surface area contributed by atoms with Crippen molar-refractivity contribution in [2.24, 2.45) is 0 Å². The van der Waals surface area contributed by atoms with Crippen molar-refractivity contribution in [1.29, 1.82) is 0 Å². The maximum atomic E-state index is 10.7. The highest BCUT2D eigenvalue weighted by Crippen LogP contribution is 2.26. The van der Waals surface area contributed by atoms with Gasteiger partial charge in [-0.2, -0.15) is 0 Å². The van der Waals surface area contributed by atoms with Crippen LogP contribution in [0.5, 0.6) is 0 Å². The fraction of sp³-hybridized carbons (Fsp3) is 0.333. The van der Waals surface area contributed by atoms with Gasteiger partial charge in [-0.25, -0.2) is 0 Å². The zero-order valence-electron chi connectivity index (χ0n) is 8.26. The number of aliphatic hydroxyl groups is 2. The first-order valence-corrected chi connectivity index (χ1v) is 5.59. The van der Waals surface area contributed by atoms with Crippen molar-refractivity contribution in [1.82, 2.24) is 0 Å². The molecule has 0 aliphatic rings. The Hall–Kier alpha value is -0.930. The van der Waals surface area contributed by atoms with E-state index >= 15 is 0 Å². The molecule has 0 fully saturated rings. The second-order valence-corrected chi connectivity index (χ2v) is 4.38. The van der Waals surface area contributed by atoms with E-state index in [-0.39, 0.29) is 18.8 Å².